The van der Waals surface area contributed by atoms with Gasteiger partial charge in [-0.25, -0.2) is 13.4 Å². The quantitative estimate of drug-likeness (QED) is 0.769. The van der Waals surface area contributed by atoms with Crippen molar-refractivity contribution in [3.63, 3.8) is 0 Å². The molecule has 2 atom stereocenters. The molecular weight excluding hydrogens is 346 g/mol. The summed E-state index contributed by atoms with van der Waals surface area (Å²) in [6, 6.07) is 9.23. The monoisotopic (exact) mass is 363 g/mol. The number of hydrogen-bond donors (Lipinski definition) is 2. The van der Waals surface area contributed by atoms with Crippen molar-refractivity contribution in [2.24, 2.45) is 0 Å². The van der Waals surface area contributed by atoms with Gasteiger partial charge in [-0.15, -0.1) is 0 Å². The third kappa shape index (κ3) is 2.81. The van der Waals surface area contributed by atoms with Crippen LogP contribution in [0.3, 0.4) is 0 Å². The summed E-state index contributed by atoms with van der Waals surface area (Å²) in [6.45, 7) is 0. The number of methoxy groups -OCH3 is 1. The normalized spacial score (nSPS) is 22.0. The Hall–Kier alpha value is -2.33. The molecule has 0 saturated carbocycles. The molecule has 0 spiro atoms. The molecule has 0 saturated heterocycles. The fraction of sp³-hybridized carbons (Fsp3) is 0.250. The van der Waals surface area contributed by atoms with Crippen LogP contribution in [0.2, 0.25) is 0 Å². The smallest absolute Gasteiger partial charge is 0.272 e. The van der Waals surface area contributed by atoms with Crippen molar-refractivity contribution >= 4 is 21.6 Å². The molecule has 0 radical (unpaired) electrons. The first-order chi connectivity index (χ1) is 11.8. The van der Waals surface area contributed by atoms with E-state index in [0.29, 0.717) is 0 Å². The Balaban J connectivity index is 2.10. The fourth-order valence-electron chi connectivity index (χ4n) is 2.78. The molecule has 1 aromatic carbocycles. The van der Waals surface area contributed by atoms with Gasteiger partial charge < -0.3 is 15.2 Å². The standard InChI is InChI=1S/C16H17N3O5S/c1-19-15(16(21,24-2)18-13-9-5-6-10-17-13)14(20)11-7-3-4-8-12(11)25(19,22)23/h3-10,15,21H,1-2H3,(H,17,18)/t15-,16+/m1/s1. The zero-order chi connectivity index (χ0) is 18.2. The van der Waals surface area contributed by atoms with Gasteiger partial charge >= 0.3 is 0 Å². The maximum absolute atomic E-state index is 12.9. The van der Waals surface area contributed by atoms with Gasteiger partial charge in [-0.1, -0.05) is 18.2 Å². The number of carbonyl (C=O) groups excluding carboxylic acids is 1. The Morgan fingerprint density at radius 2 is 1.92 bits per heavy atom. The summed E-state index contributed by atoms with van der Waals surface area (Å²) in [4.78, 5) is 16.8. The van der Waals surface area contributed by atoms with Crippen LogP contribution in [0.15, 0.2) is 53.6 Å². The van der Waals surface area contributed by atoms with Gasteiger partial charge in [0.1, 0.15) is 5.82 Å². The minimum Gasteiger partial charge on any atom is -0.347 e. The molecule has 3 rings (SSSR count). The fourth-order valence-corrected chi connectivity index (χ4v) is 4.30. The number of benzene rings is 1. The lowest BCUT2D eigenvalue weighted by atomic mass is 10.0. The second-order valence-corrected chi connectivity index (χ2v) is 7.49. The van der Waals surface area contributed by atoms with Crippen LogP contribution in [0.25, 0.3) is 0 Å². The molecule has 0 unspecified atom stereocenters. The maximum Gasteiger partial charge on any atom is 0.272 e. The summed E-state index contributed by atoms with van der Waals surface area (Å²) in [5, 5.41) is 13.5. The maximum atomic E-state index is 12.9. The minimum absolute atomic E-state index is 0.00361. The topological polar surface area (TPSA) is 109 Å². The van der Waals surface area contributed by atoms with E-state index in [1.807, 2.05) is 0 Å². The summed E-state index contributed by atoms with van der Waals surface area (Å²) < 4.78 is 31.4. The highest BCUT2D eigenvalue weighted by Gasteiger charge is 2.53. The lowest BCUT2D eigenvalue weighted by molar-refractivity contribution is -0.183. The van der Waals surface area contributed by atoms with E-state index >= 15 is 0 Å². The number of carbonyl (C=O) groups is 1. The van der Waals surface area contributed by atoms with Gasteiger partial charge in [0, 0.05) is 25.9 Å². The zero-order valence-electron chi connectivity index (χ0n) is 13.6. The number of Topliss-reactive ketones (excluding diaryl/α,β-unsaturated/α-hetero) is 1. The van der Waals surface area contributed by atoms with Crippen molar-refractivity contribution in [3.05, 3.63) is 54.2 Å². The van der Waals surface area contributed by atoms with Crippen LogP contribution in [-0.2, 0) is 14.8 Å². The molecule has 0 fully saturated rings. The summed E-state index contributed by atoms with van der Waals surface area (Å²) in [5.41, 5.74) is 0.00361. The number of sulfonamides is 1. The second-order valence-electron chi connectivity index (χ2n) is 5.52. The van der Waals surface area contributed by atoms with Gasteiger partial charge in [0.05, 0.1) is 4.90 Å². The predicted molar refractivity (Wildman–Crippen MR) is 89.3 cm³/mol. The van der Waals surface area contributed by atoms with Crippen LogP contribution < -0.4 is 5.32 Å². The van der Waals surface area contributed by atoms with Crippen molar-refractivity contribution < 1.29 is 23.1 Å². The average molecular weight is 363 g/mol. The molecular formula is C16H17N3O5S. The Morgan fingerprint density at radius 3 is 2.56 bits per heavy atom. The highest BCUT2D eigenvalue weighted by Crippen LogP contribution is 2.34. The van der Waals surface area contributed by atoms with Crippen LogP contribution in [0, 0.1) is 0 Å². The van der Waals surface area contributed by atoms with E-state index in [1.165, 1.54) is 38.6 Å². The summed E-state index contributed by atoms with van der Waals surface area (Å²) in [5.74, 6) is -2.66. The number of aliphatic hydroxyl groups is 1. The molecule has 1 aliphatic rings. The Kier molecular flexibility index (Phi) is 4.33. The van der Waals surface area contributed by atoms with E-state index in [0.717, 1.165) is 4.31 Å². The van der Waals surface area contributed by atoms with Crippen molar-refractivity contribution in [3.8, 4) is 0 Å². The number of nitrogens with zero attached hydrogens (tertiary/aromatic N) is 2. The number of hydrogen-bond acceptors (Lipinski definition) is 7. The first kappa shape index (κ1) is 17.5. The number of nitrogens with one attached hydrogen (secondary N) is 1. The van der Waals surface area contributed by atoms with Crippen LogP contribution in [-0.4, -0.2) is 54.7 Å². The predicted octanol–water partition coefficient (Wildman–Crippen LogP) is 0.672. The Labute approximate surface area is 145 Å². The molecule has 2 aromatic rings. The van der Waals surface area contributed by atoms with E-state index in [1.54, 1.807) is 24.3 Å². The molecule has 0 amide bonds. The van der Waals surface area contributed by atoms with Gasteiger partial charge in [0.2, 0.25) is 10.0 Å². The summed E-state index contributed by atoms with van der Waals surface area (Å²) in [7, 11) is -1.59. The molecule has 9 heteroatoms. The zero-order valence-corrected chi connectivity index (χ0v) is 14.4. The van der Waals surface area contributed by atoms with Gasteiger partial charge in [0.25, 0.3) is 5.91 Å². The van der Waals surface area contributed by atoms with Gasteiger partial charge in [-0.05, 0) is 24.3 Å². The lowest BCUT2D eigenvalue weighted by Gasteiger charge is -2.41. The van der Waals surface area contributed by atoms with Crippen LogP contribution >= 0.6 is 0 Å². The highest BCUT2D eigenvalue weighted by molar-refractivity contribution is 7.89. The number of ether oxygens (including phenoxy) is 1. The van der Waals surface area contributed by atoms with Crippen molar-refractivity contribution in [2.45, 2.75) is 16.8 Å². The van der Waals surface area contributed by atoms with E-state index in [4.69, 9.17) is 4.74 Å². The molecule has 0 aliphatic carbocycles. The van der Waals surface area contributed by atoms with Gasteiger partial charge in [-0.3, -0.25) is 4.79 Å². The number of rotatable bonds is 4. The molecule has 132 valence electrons. The largest absolute Gasteiger partial charge is 0.347 e. The third-order valence-corrected chi connectivity index (χ3v) is 5.96. The number of aromatic nitrogens is 1. The molecule has 8 nitrogen and oxygen atoms in total. The van der Waals surface area contributed by atoms with Crippen LogP contribution in [0.5, 0.6) is 0 Å². The molecule has 0 bridgehead atoms. The van der Waals surface area contributed by atoms with E-state index in [-0.39, 0.29) is 16.3 Å². The Bertz CT molecular complexity index is 903. The minimum atomic E-state index is -3.98. The average Bonchev–Trinajstić information content (AvgIpc) is 2.61. The van der Waals surface area contributed by atoms with Crippen molar-refractivity contribution in [2.75, 3.05) is 19.5 Å². The summed E-state index contributed by atoms with van der Waals surface area (Å²) in [6.07, 6.45) is 1.48. The third-order valence-electron chi connectivity index (χ3n) is 4.08. The van der Waals surface area contributed by atoms with E-state index in [2.05, 4.69) is 10.3 Å². The van der Waals surface area contributed by atoms with E-state index in [9.17, 15) is 18.3 Å². The molecule has 1 aromatic heterocycles. The molecule has 1 aliphatic heterocycles. The number of anilines is 1. The van der Waals surface area contributed by atoms with Gasteiger partial charge in [0.15, 0.2) is 11.8 Å². The van der Waals surface area contributed by atoms with Crippen LogP contribution in [0.4, 0.5) is 5.82 Å². The Morgan fingerprint density at radius 1 is 1.24 bits per heavy atom. The first-order valence-electron chi connectivity index (χ1n) is 7.39. The number of pyridine rings is 1. The molecule has 2 heterocycles. The first-order valence-corrected chi connectivity index (χ1v) is 8.83. The molecule has 2 N–H and O–H groups in total. The summed E-state index contributed by atoms with van der Waals surface area (Å²) >= 11 is 0. The van der Waals surface area contributed by atoms with Crippen molar-refractivity contribution in [1.29, 1.82) is 0 Å². The van der Waals surface area contributed by atoms with Gasteiger partial charge in [-0.2, -0.15) is 4.31 Å². The molecule has 25 heavy (non-hydrogen) atoms. The number of likely N-dealkylation sites (N-methyl/N-ethyl adjacent to an activating group) is 1. The second kappa shape index (κ2) is 6.19. The lowest BCUT2D eigenvalue weighted by Crippen LogP contribution is -2.64. The van der Waals surface area contributed by atoms with Crippen molar-refractivity contribution in [1.82, 2.24) is 9.29 Å². The highest BCUT2D eigenvalue weighted by atomic mass is 32.2. The number of fused-ring (bicyclic) bond motifs is 1. The van der Waals surface area contributed by atoms with Crippen LogP contribution in [0.1, 0.15) is 10.4 Å². The number of ketones is 1. The van der Waals surface area contributed by atoms with E-state index < -0.39 is 27.8 Å². The SMILES string of the molecule is CO[C@](O)(Nc1ccccn1)[C@H]1C(=O)c2ccccc2S(=O)(=O)N1C.